The number of benzene rings is 1. The summed E-state index contributed by atoms with van der Waals surface area (Å²) < 4.78 is 27.8. The summed E-state index contributed by atoms with van der Waals surface area (Å²) in [6.07, 6.45) is 5.57. The van der Waals surface area contributed by atoms with Crippen molar-refractivity contribution in [3.63, 3.8) is 0 Å². The maximum atomic E-state index is 12.6. The number of carbonyl (C=O) groups is 1. The molecule has 0 bridgehead atoms. The van der Waals surface area contributed by atoms with Gasteiger partial charge in [0.1, 0.15) is 5.84 Å². The van der Waals surface area contributed by atoms with Gasteiger partial charge in [-0.05, 0) is 36.3 Å². The number of amides is 1. The summed E-state index contributed by atoms with van der Waals surface area (Å²) in [7, 11) is -3.39. The van der Waals surface area contributed by atoms with E-state index in [0.29, 0.717) is 18.0 Å². The molecule has 0 fully saturated rings. The molecule has 132 valence electrons. The van der Waals surface area contributed by atoms with Crippen LogP contribution < -0.4 is 5.32 Å². The zero-order valence-electron chi connectivity index (χ0n) is 13.6. The van der Waals surface area contributed by atoms with E-state index in [-0.39, 0.29) is 17.7 Å². The van der Waals surface area contributed by atoms with Gasteiger partial charge in [0.15, 0.2) is 0 Å². The predicted molar refractivity (Wildman–Crippen MR) is 100 cm³/mol. The zero-order valence-corrected chi connectivity index (χ0v) is 16.0. The van der Waals surface area contributed by atoms with Crippen molar-refractivity contribution in [2.75, 3.05) is 12.3 Å². The fourth-order valence-electron chi connectivity index (χ4n) is 2.69. The Kier molecular flexibility index (Phi) is 5.10. The molecule has 0 saturated carbocycles. The van der Waals surface area contributed by atoms with Crippen LogP contribution >= 0.6 is 15.9 Å². The highest BCUT2D eigenvalue weighted by Crippen LogP contribution is 2.21. The van der Waals surface area contributed by atoms with Gasteiger partial charge in [-0.3, -0.25) is 4.79 Å². The number of rotatable bonds is 4. The first kappa shape index (κ1) is 17.9. The molecule has 8 heteroatoms. The molecule has 0 aliphatic carbocycles. The molecule has 0 radical (unpaired) electrons. The van der Waals surface area contributed by atoms with Crippen molar-refractivity contribution in [2.24, 2.45) is 4.40 Å². The summed E-state index contributed by atoms with van der Waals surface area (Å²) in [5, 5.41) is 3.03. The lowest BCUT2D eigenvalue weighted by atomic mass is 10.0. The molecule has 1 amide bonds. The third kappa shape index (κ3) is 4.19. The van der Waals surface area contributed by atoms with Crippen LogP contribution in [0, 0.1) is 0 Å². The molecule has 2 aliphatic rings. The van der Waals surface area contributed by atoms with E-state index in [9.17, 15) is 13.2 Å². The Bertz CT molecular complexity index is 873. The summed E-state index contributed by atoms with van der Waals surface area (Å²) in [5.41, 5.74) is 1.51. The summed E-state index contributed by atoms with van der Waals surface area (Å²) in [6, 6.07) is 7.75. The number of hydrogen-bond acceptors (Lipinski definition) is 4. The maximum absolute atomic E-state index is 12.6. The lowest BCUT2D eigenvalue weighted by molar-refractivity contribution is -0.118. The maximum Gasteiger partial charge on any atom is 0.256 e. The molecular weight excluding hydrogens is 406 g/mol. The standard InChI is InChI=1S/C17H18BrN3O3S/c1-2-15(12-3-6-14(18)7-4-12)19-17(22)13-5-8-16-20-25(23,24)10-9-21(16)11-13/h3-8,11,15H,2,9-10H2,1H3,(H,19,22). The second-order valence-corrected chi connectivity index (χ2v) is 8.50. The van der Waals surface area contributed by atoms with Crippen LogP contribution in [0.15, 0.2) is 57.1 Å². The van der Waals surface area contributed by atoms with Gasteiger partial charge in [0, 0.05) is 17.2 Å². The van der Waals surface area contributed by atoms with Gasteiger partial charge >= 0.3 is 0 Å². The van der Waals surface area contributed by atoms with Crippen LogP contribution in [-0.4, -0.2) is 37.4 Å². The van der Waals surface area contributed by atoms with Gasteiger partial charge in [-0.1, -0.05) is 35.0 Å². The van der Waals surface area contributed by atoms with E-state index in [1.54, 1.807) is 23.3 Å². The normalized spacial score (nSPS) is 19.5. The molecule has 25 heavy (non-hydrogen) atoms. The molecule has 2 aliphatic heterocycles. The van der Waals surface area contributed by atoms with Gasteiger partial charge in [-0.2, -0.15) is 0 Å². The van der Waals surface area contributed by atoms with Crippen molar-refractivity contribution < 1.29 is 13.2 Å². The first-order chi connectivity index (χ1) is 11.9. The third-order valence-corrected chi connectivity index (χ3v) is 5.76. The summed E-state index contributed by atoms with van der Waals surface area (Å²) >= 11 is 3.41. The number of halogens is 1. The lowest BCUT2D eigenvalue weighted by Gasteiger charge is -2.27. The number of fused-ring (bicyclic) bond motifs is 1. The van der Waals surface area contributed by atoms with Crippen LogP contribution in [0.25, 0.3) is 0 Å². The minimum absolute atomic E-state index is 0.0494. The first-order valence-electron chi connectivity index (χ1n) is 7.93. The molecule has 3 rings (SSSR count). The topological polar surface area (TPSA) is 78.8 Å². The van der Waals surface area contributed by atoms with E-state index in [1.165, 1.54) is 0 Å². The molecule has 1 unspecified atom stereocenters. The molecule has 0 spiro atoms. The average molecular weight is 424 g/mol. The first-order valence-corrected chi connectivity index (χ1v) is 10.3. The Morgan fingerprint density at radius 3 is 2.72 bits per heavy atom. The van der Waals surface area contributed by atoms with Crippen LogP contribution in [0.3, 0.4) is 0 Å². The average Bonchev–Trinajstić information content (AvgIpc) is 2.59. The van der Waals surface area contributed by atoms with Gasteiger partial charge in [-0.25, -0.2) is 8.42 Å². The highest BCUT2D eigenvalue weighted by Gasteiger charge is 2.25. The third-order valence-electron chi connectivity index (χ3n) is 4.07. The number of amidine groups is 1. The largest absolute Gasteiger partial charge is 0.345 e. The highest BCUT2D eigenvalue weighted by molar-refractivity contribution is 9.10. The van der Waals surface area contributed by atoms with E-state index in [1.807, 2.05) is 31.2 Å². The molecule has 0 aromatic heterocycles. The van der Waals surface area contributed by atoms with Crippen molar-refractivity contribution in [1.29, 1.82) is 0 Å². The van der Waals surface area contributed by atoms with Crippen molar-refractivity contribution in [1.82, 2.24) is 10.2 Å². The van der Waals surface area contributed by atoms with E-state index >= 15 is 0 Å². The highest BCUT2D eigenvalue weighted by atomic mass is 79.9. The fraction of sp³-hybridized carbons (Fsp3) is 0.294. The van der Waals surface area contributed by atoms with Crippen LogP contribution in [0.5, 0.6) is 0 Å². The minimum Gasteiger partial charge on any atom is -0.345 e. The number of carbonyl (C=O) groups excluding carboxylic acids is 1. The van der Waals surface area contributed by atoms with E-state index < -0.39 is 10.0 Å². The molecule has 1 atom stereocenters. The lowest BCUT2D eigenvalue weighted by Crippen LogP contribution is -2.38. The van der Waals surface area contributed by atoms with E-state index in [0.717, 1.165) is 16.5 Å². The van der Waals surface area contributed by atoms with Crippen molar-refractivity contribution >= 4 is 37.7 Å². The minimum atomic E-state index is -3.39. The van der Waals surface area contributed by atoms with Gasteiger partial charge < -0.3 is 10.2 Å². The zero-order chi connectivity index (χ0) is 18.0. The van der Waals surface area contributed by atoms with Gasteiger partial charge in [0.25, 0.3) is 15.9 Å². The van der Waals surface area contributed by atoms with Gasteiger partial charge in [0.05, 0.1) is 17.4 Å². The molecule has 1 aromatic carbocycles. The second-order valence-electron chi connectivity index (χ2n) is 5.83. The second kappa shape index (κ2) is 7.13. The molecule has 0 saturated heterocycles. The molecule has 1 N–H and O–H groups in total. The quantitative estimate of drug-likeness (QED) is 0.806. The summed E-state index contributed by atoms with van der Waals surface area (Å²) in [4.78, 5) is 14.3. The summed E-state index contributed by atoms with van der Waals surface area (Å²) in [6.45, 7) is 2.31. The Hall–Kier alpha value is -1.93. The fourth-order valence-corrected chi connectivity index (χ4v) is 3.93. The van der Waals surface area contributed by atoms with E-state index in [4.69, 9.17) is 0 Å². The Morgan fingerprint density at radius 1 is 1.32 bits per heavy atom. The van der Waals surface area contributed by atoms with Crippen LogP contribution in [0.2, 0.25) is 0 Å². The van der Waals surface area contributed by atoms with Crippen molar-refractivity contribution in [3.05, 3.63) is 58.2 Å². The molecule has 2 heterocycles. The number of hydrogen-bond donors (Lipinski definition) is 1. The monoisotopic (exact) mass is 423 g/mol. The molecule has 1 aromatic rings. The SMILES string of the molecule is CCC(NC(=O)C1=CN2CCS(=O)(=O)N=C2C=C1)c1ccc(Br)cc1. The van der Waals surface area contributed by atoms with Crippen molar-refractivity contribution in [3.8, 4) is 0 Å². The van der Waals surface area contributed by atoms with Gasteiger partial charge in [-0.15, -0.1) is 4.40 Å². The predicted octanol–water partition coefficient (Wildman–Crippen LogP) is 2.51. The number of nitrogens with zero attached hydrogens (tertiary/aromatic N) is 2. The molecule has 6 nitrogen and oxygen atoms in total. The van der Waals surface area contributed by atoms with Gasteiger partial charge in [0.2, 0.25) is 0 Å². The van der Waals surface area contributed by atoms with Crippen molar-refractivity contribution in [2.45, 2.75) is 19.4 Å². The summed E-state index contributed by atoms with van der Waals surface area (Å²) in [5.74, 6) is 0.105. The number of nitrogens with one attached hydrogen (secondary N) is 1. The van der Waals surface area contributed by atoms with Crippen LogP contribution in [0.4, 0.5) is 0 Å². The van der Waals surface area contributed by atoms with Crippen LogP contribution in [-0.2, 0) is 14.8 Å². The Balaban J connectivity index is 1.74. The smallest absolute Gasteiger partial charge is 0.256 e. The Labute approximate surface area is 155 Å². The van der Waals surface area contributed by atoms with Crippen LogP contribution in [0.1, 0.15) is 24.9 Å². The number of sulfonamides is 1. The Morgan fingerprint density at radius 2 is 2.04 bits per heavy atom. The van der Waals surface area contributed by atoms with E-state index in [2.05, 4.69) is 25.6 Å². The molecular formula is C17H18BrN3O3S.